The van der Waals surface area contributed by atoms with Crippen LogP contribution in [0.5, 0.6) is 0 Å². The van der Waals surface area contributed by atoms with Crippen LogP contribution in [0.3, 0.4) is 0 Å². The van der Waals surface area contributed by atoms with Crippen molar-refractivity contribution in [2.45, 2.75) is 0 Å². The second-order valence-corrected chi connectivity index (χ2v) is 2.30. The van der Waals surface area contributed by atoms with Crippen molar-refractivity contribution in [2.24, 2.45) is 5.84 Å². The van der Waals surface area contributed by atoms with Crippen LogP contribution in [0.1, 0.15) is 0 Å². The zero-order valence-corrected chi connectivity index (χ0v) is 6.12. The van der Waals surface area contributed by atoms with E-state index < -0.39 is 11.6 Å². The highest BCUT2D eigenvalue weighted by Gasteiger charge is 2.06. The third-order valence-corrected chi connectivity index (χ3v) is 1.48. The first-order valence-corrected chi connectivity index (χ1v) is 3.14. The first-order chi connectivity index (χ1) is 5.15. The SMILES string of the molecule is NNc1cc(F)c(F)cc1Cl. The van der Waals surface area contributed by atoms with Crippen molar-refractivity contribution in [3.63, 3.8) is 0 Å². The van der Waals surface area contributed by atoms with Gasteiger partial charge >= 0.3 is 0 Å². The molecule has 0 aliphatic rings. The second-order valence-electron chi connectivity index (χ2n) is 1.89. The summed E-state index contributed by atoms with van der Waals surface area (Å²) in [7, 11) is 0. The Balaban J connectivity index is 3.21. The largest absolute Gasteiger partial charge is 0.323 e. The van der Waals surface area contributed by atoms with Crippen LogP contribution < -0.4 is 11.3 Å². The Morgan fingerprint density at radius 2 is 1.82 bits per heavy atom. The van der Waals surface area contributed by atoms with Crippen LogP contribution in [-0.4, -0.2) is 0 Å². The maximum atomic E-state index is 12.4. The minimum atomic E-state index is -0.992. The molecule has 0 aromatic heterocycles. The number of benzene rings is 1. The van der Waals surface area contributed by atoms with Crippen molar-refractivity contribution < 1.29 is 8.78 Å². The van der Waals surface area contributed by atoms with Crippen LogP contribution in [0, 0.1) is 11.6 Å². The minimum Gasteiger partial charge on any atom is -0.323 e. The van der Waals surface area contributed by atoms with E-state index in [1.54, 1.807) is 0 Å². The first kappa shape index (κ1) is 8.23. The standard InChI is InChI=1S/C6H5ClF2N2/c7-3-1-4(8)5(9)2-6(3)11-10/h1-2,11H,10H2. The lowest BCUT2D eigenvalue weighted by Gasteiger charge is -2.02. The summed E-state index contributed by atoms with van der Waals surface area (Å²) < 4.78 is 24.8. The van der Waals surface area contributed by atoms with E-state index in [9.17, 15) is 8.78 Å². The molecule has 2 nitrogen and oxygen atoms in total. The van der Waals surface area contributed by atoms with E-state index in [-0.39, 0.29) is 10.7 Å². The lowest BCUT2D eigenvalue weighted by Crippen LogP contribution is -2.07. The number of hydrazine groups is 1. The number of anilines is 1. The summed E-state index contributed by atoms with van der Waals surface area (Å²) in [5.41, 5.74) is 2.28. The van der Waals surface area contributed by atoms with E-state index in [1.807, 2.05) is 0 Å². The molecule has 0 bridgehead atoms. The molecule has 0 atom stereocenters. The normalized spacial score (nSPS) is 9.82. The van der Waals surface area contributed by atoms with Gasteiger partial charge in [0.25, 0.3) is 0 Å². The molecule has 0 saturated carbocycles. The molecule has 3 N–H and O–H groups in total. The van der Waals surface area contributed by atoms with Gasteiger partial charge in [0, 0.05) is 6.07 Å². The Bertz CT molecular complexity index is 278. The fourth-order valence-electron chi connectivity index (χ4n) is 0.633. The van der Waals surface area contributed by atoms with Gasteiger partial charge in [-0.05, 0) is 6.07 Å². The number of rotatable bonds is 1. The Morgan fingerprint density at radius 1 is 1.27 bits per heavy atom. The van der Waals surface area contributed by atoms with Gasteiger partial charge in [-0.3, -0.25) is 5.84 Å². The molecule has 1 aromatic rings. The third-order valence-electron chi connectivity index (χ3n) is 1.17. The van der Waals surface area contributed by atoms with Gasteiger partial charge in [0.05, 0.1) is 10.7 Å². The van der Waals surface area contributed by atoms with Crippen LogP contribution in [0.15, 0.2) is 12.1 Å². The van der Waals surface area contributed by atoms with E-state index in [0.717, 1.165) is 12.1 Å². The molecule has 60 valence electrons. The lowest BCUT2D eigenvalue weighted by atomic mass is 10.3. The molecule has 0 heterocycles. The summed E-state index contributed by atoms with van der Waals surface area (Å²) in [5, 5.41) is 0.0476. The molecule has 5 heteroatoms. The fourth-order valence-corrected chi connectivity index (χ4v) is 0.838. The zero-order chi connectivity index (χ0) is 8.43. The van der Waals surface area contributed by atoms with Gasteiger partial charge in [-0.2, -0.15) is 0 Å². The number of nitrogen functional groups attached to an aromatic ring is 1. The molecule has 11 heavy (non-hydrogen) atoms. The van der Waals surface area contributed by atoms with E-state index in [0.29, 0.717) is 0 Å². The van der Waals surface area contributed by atoms with Gasteiger partial charge in [-0.25, -0.2) is 8.78 Å². The Kier molecular flexibility index (Phi) is 2.26. The smallest absolute Gasteiger partial charge is 0.161 e. The van der Waals surface area contributed by atoms with Gasteiger partial charge in [-0.15, -0.1) is 0 Å². The van der Waals surface area contributed by atoms with E-state index >= 15 is 0 Å². The molecule has 0 spiro atoms. The van der Waals surface area contributed by atoms with Crippen LogP contribution in [0.25, 0.3) is 0 Å². The van der Waals surface area contributed by atoms with E-state index in [4.69, 9.17) is 17.4 Å². The number of hydrogen-bond donors (Lipinski definition) is 2. The molecule has 0 fully saturated rings. The molecule has 0 aliphatic heterocycles. The zero-order valence-electron chi connectivity index (χ0n) is 5.37. The maximum Gasteiger partial charge on any atom is 0.161 e. The number of halogens is 3. The van der Waals surface area contributed by atoms with Crippen molar-refractivity contribution in [3.8, 4) is 0 Å². The number of hydrogen-bond acceptors (Lipinski definition) is 2. The fraction of sp³-hybridized carbons (Fsp3) is 0. The van der Waals surface area contributed by atoms with Crippen LogP contribution >= 0.6 is 11.6 Å². The summed E-state index contributed by atoms with van der Waals surface area (Å²) >= 11 is 5.45. The predicted molar refractivity (Wildman–Crippen MR) is 39.2 cm³/mol. The highest BCUT2D eigenvalue weighted by atomic mass is 35.5. The second kappa shape index (κ2) is 3.02. The predicted octanol–water partition coefficient (Wildman–Crippen LogP) is 1.90. The Hall–Kier alpha value is -0.870. The number of nitrogens with one attached hydrogen (secondary N) is 1. The van der Waals surface area contributed by atoms with Gasteiger partial charge in [0.2, 0.25) is 0 Å². The van der Waals surface area contributed by atoms with E-state index in [1.165, 1.54) is 0 Å². The topological polar surface area (TPSA) is 38.0 Å². The van der Waals surface area contributed by atoms with Crippen molar-refractivity contribution in [1.29, 1.82) is 0 Å². The molecule has 0 radical (unpaired) electrons. The van der Waals surface area contributed by atoms with E-state index in [2.05, 4.69) is 5.43 Å². The highest BCUT2D eigenvalue weighted by molar-refractivity contribution is 6.33. The summed E-state index contributed by atoms with van der Waals surface area (Å²) in [5.74, 6) is 2.97. The first-order valence-electron chi connectivity index (χ1n) is 2.76. The molecule has 1 aromatic carbocycles. The Labute approximate surface area is 66.9 Å². The van der Waals surface area contributed by atoms with Gasteiger partial charge in [0.15, 0.2) is 11.6 Å². The van der Waals surface area contributed by atoms with Crippen LogP contribution in [0.4, 0.5) is 14.5 Å². The third kappa shape index (κ3) is 1.58. The summed E-state index contributed by atoms with van der Waals surface area (Å²) in [6, 6.07) is 1.74. The molecule has 1 rings (SSSR count). The van der Waals surface area contributed by atoms with Crippen molar-refractivity contribution in [2.75, 3.05) is 5.43 Å². The molecule has 0 unspecified atom stereocenters. The van der Waals surface area contributed by atoms with Gasteiger partial charge in [-0.1, -0.05) is 11.6 Å². The summed E-state index contributed by atoms with van der Waals surface area (Å²) in [6.07, 6.45) is 0. The highest BCUT2D eigenvalue weighted by Crippen LogP contribution is 2.23. The molecule has 0 saturated heterocycles. The maximum absolute atomic E-state index is 12.4. The number of nitrogens with two attached hydrogens (primary N) is 1. The van der Waals surface area contributed by atoms with Crippen molar-refractivity contribution in [3.05, 3.63) is 28.8 Å². The van der Waals surface area contributed by atoms with Crippen LogP contribution in [-0.2, 0) is 0 Å². The quantitative estimate of drug-likeness (QED) is 0.392. The monoisotopic (exact) mass is 178 g/mol. The Morgan fingerprint density at radius 3 is 2.36 bits per heavy atom. The average molecular weight is 179 g/mol. The average Bonchev–Trinajstić information content (AvgIpc) is 1.97. The molecular weight excluding hydrogens is 174 g/mol. The van der Waals surface area contributed by atoms with Gasteiger partial charge < -0.3 is 5.43 Å². The lowest BCUT2D eigenvalue weighted by molar-refractivity contribution is 0.509. The minimum absolute atomic E-state index is 0.0476. The van der Waals surface area contributed by atoms with Crippen LogP contribution in [0.2, 0.25) is 5.02 Å². The molecular formula is C6H5ClF2N2. The van der Waals surface area contributed by atoms with Crippen molar-refractivity contribution >= 4 is 17.3 Å². The van der Waals surface area contributed by atoms with Crippen molar-refractivity contribution in [1.82, 2.24) is 0 Å². The molecule has 0 aliphatic carbocycles. The van der Waals surface area contributed by atoms with Gasteiger partial charge in [0.1, 0.15) is 0 Å². The molecule has 0 amide bonds. The summed E-state index contributed by atoms with van der Waals surface area (Å²) in [6.45, 7) is 0. The summed E-state index contributed by atoms with van der Waals surface area (Å²) in [4.78, 5) is 0.